The molecule has 0 fully saturated rings. The van der Waals surface area contributed by atoms with Crippen molar-refractivity contribution < 1.29 is 0 Å². The van der Waals surface area contributed by atoms with E-state index in [9.17, 15) is 10.1 Å². The van der Waals surface area contributed by atoms with Gasteiger partial charge in [0.05, 0.1) is 4.76 Å². The van der Waals surface area contributed by atoms with Crippen LogP contribution < -0.4 is 9.82 Å². The van der Waals surface area contributed by atoms with Gasteiger partial charge in [0.25, 0.3) is 11.4 Å². The Labute approximate surface area is 126 Å². The minimum absolute atomic E-state index is 0.374. The van der Waals surface area contributed by atoms with Gasteiger partial charge in [-0.2, -0.15) is 0 Å². The summed E-state index contributed by atoms with van der Waals surface area (Å²) in [5, 5.41) is 13.1. The highest BCUT2D eigenvalue weighted by Crippen LogP contribution is 2.28. The molecule has 0 aliphatic heterocycles. The molecule has 0 aliphatic rings. The first-order chi connectivity index (χ1) is 10.8. The Balaban J connectivity index is 1.92. The quantitative estimate of drug-likeness (QED) is 0.541. The smallest absolute Gasteiger partial charge is 0.266 e. The first-order valence-corrected chi connectivity index (χ1v) is 6.60. The largest absolute Gasteiger partial charge is 0.754 e. The number of anilines is 2. The number of benzene rings is 1. The van der Waals surface area contributed by atoms with Crippen LogP contribution in [-0.4, -0.2) is 9.97 Å². The second-order valence-corrected chi connectivity index (χ2v) is 4.52. The summed E-state index contributed by atoms with van der Waals surface area (Å²) >= 11 is 0. The molecule has 108 valence electrons. The molecule has 3 aromatic rings. The van der Waals surface area contributed by atoms with Crippen molar-refractivity contribution in [3.63, 3.8) is 0 Å². The van der Waals surface area contributed by atoms with Gasteiger partial charge in [0.1, 0.15) is 0 Å². The summed E-state index contributed by atoms with van der Waals surface area (Å²) in [7, 11) is 0. The van der Waals surface area contributed by atoms with E-state index in [4.69, 9.17) is 0 Å². The molecule has 0 spiro atoms. The zero-order valence-electron chi connectivity index (χ0n) is 11.5. The van der Waals surface area contributed by atoms with Crippen molar-refractivity contribution in [3.8, 4) is 0 Å². The summed E-state index contributed by atoms with van der Waals surface area (Å²) in [6.07, 6.45) is 6.17. The normalized spacial score (nSPS) is 10.2. The Morgan fingerprint density at radius 3 is 2.14 bits per heavy atom. The highest BCUT2D eigenvalue weighted by atomic mass is 16.5. The maximum atomic E-state index is 12.3. The lowest BCUT2D eigenvalue weighted by Gasteiger charge is -2.30. The lowest BCUT2D eigenvalue weighted by molar-refractivity contribution is 1.04. The van der Waals surface area contributed by atoms with Gasteiger partial charge < -0.3 is 10.3 Å². The van der Waals surface area contributed by atoms with Crippen LogP contribution in [-0.2, 0) is 0 Å². The molecule has 0 unspecified atom stereocenters. The monoisotopic (exact) mass is 292 g/mol. The van der Waals surface area contributed by atoms with Crippen molar-refractivity contribution in [1.82, 2.24) is 14.7 Å². The lowest BCUT2D eigenvalue weighted by Crippen LogP contribution is -2.07. The molecule has 0 saturated carbocycles. The molecule has 2 aromatic heterocycles. The maximum absolute atomic E-state index is 12.3. The van der Waals surface area contributed by atoms with Crippen LogP contribution in [0.3, 0.4) is 0 Å². The summed E-state index contributed by atoms with van der Waals surface area (Å²) in [5.41, 5.74) is 1.65. The van der Waals surface area contributed by atoms with Crippen LogP contribution in [0.5, 0.6) is 0 Å². The van der Waals surface area contributed by atoms with E-state index in [0.717, 1.165) is 9.82 Å². The molecule has 0 amide bonds. The molecule has 1 aromatic carbocycles. The minimum atomic E-state index is 0.374. The van der Waals surface area contributed by atoms with Crippen molar-refractivity contribution in [3.05, 3.63) is 83.4 Å². The van der Waals surface area contributed by atoms with Gasteiger partial charge in [0.2, 0.25) is 0 Å². The Hall–Kier alpha value is -3.12. The molecule has 3 rings (SSSR count). The fourth-order valence-electron chi connectivity index (χ4n) is 2.00. The zero-order valence-corrected chi connectivity index (χ0v) is 11.5. The fraction of sp³-hybridized carbons (Fsp3) is 0. The molecule has 0 saturated heterocycles. The first-order valence-electron chi connectivity index (χ1n) is 6.60. The molecular weight excluding hydrogens is 280 g/mol. The number of aromatic nitrogens is 2. The van der Waals surface area contributed by atoms with Gasteiger partial charge in [-0.25, -0.2) is 0 Å². The molecule has 0 radical (unpaired) electrons. The standard InChI is InChI=1S/C16H12N4O2/c21-19(13-4-8-17-9-5-13)15-2-1-3-16(12-15)20(22)14-6-10-18-11-7-14/h1-12H. The zero-order chi connectivity index (χ0) is 15.4. The van der Waals surface area contributed by atoms with E-state index in [1.807, 2.05) is 0 Å². The van der Waals surface area contributed by atoms with Crippen molar-refractivity contribution in [2.75, 3.05) is 5.06 Å². The lowest BCUT2D eigenvalue weighted by atomic mass is 10.2. The van der Waals surface area contributed by atoms with Crippen molar-refractivity contribution >= 4 is 22.7 Å². The second-order valence-electron chi connectivity index (χ2n) is 4.52. The van der Waals surface area contributed by atoms with Crippen LogP contribution in [0.4, 0.5) is 22.7 Å². The SMILES string of the molecule is O=[N+](c1ccncc1)c1cccc(N([O-])c2ccncc2)c1. The Morgan fingerprint density at radius 2 is 1.45 bits per heavy atom. The third kappa shape index (κ3) is 2.82. The summed E-state index contributed by atoms with van der Waals surface area (Å²) < 4.78 is 0.756. The van der Waals surface area contributed by atoms with Gasteiger partial charge >= 0.3 is 0 Å². The number of rotatable bonds is 4. The van der Waals surface area contributed by atoms with E-state index in [1.54, 1.807) is 73.3 Å². The average molecular weight is 292 g/mol. The first kappa shape index (κ1) is 13.8. The van der Waals surface area contributed by atoms with Crippen molar-refractivity contribution in [1.29, 1.82) is 0 Å². The summed E-state index contributed by atoms with van der Waals surface area (Å²) in [5.74, 6) is 0. The van der Waals surface area contributed by atoms with Crippen molar-refractivity contribution in [2.24, 2.45) is 0 Å². The van der Waals surface area contributed by atoms with Crippen LogP contribution >= 0.6 is 0 Å². The molecule has 2 heterocycles. The maximum Gasteiger partial charge on any atom is 0.266 e. The summed E-state index contributed by atoms with van der Waals surface area (Å²) in [6, 6.07) is 12.9. The number of nitrogens with zero attached hydrogens (tertiary/aromatic N) is 4. The van der Waals surface area contributed by atoms with E-state index in [1.165, 1.54) is 0 Å². The fourth-order valence-corrected chi connectivity index (χ4v) is 2.00. The molecule has 0 bridgehead atoms. The van der Waals surface area contributed by atoms with Crippen LogP contribution in [0.2, 0.25) is 0 Å². The van der Waals surface area contributed by atoms with Gasteiger partial charge in [0.15, 0.2) is 0 Å². The van der Waals surface area contributed by atoms with E-state index in [-0.39, 0.29) is 0 Å². The second kappa shape index (κ2) is 6.11. The Kier molecular flexibility index (Phi) is 3.84. The Bertz CT molecular complexity index is 778. The highest BCUT2D eigenvalue weighted by Gasteiger charge is 2.17. The third-order valence-corrected chi connectivity index (χ3v) is 3.09. The highest BCUT2D eigenvalue weighted by molar-refractivity contribution is 5.67. The predicted octanol–water partition coefficient (Wildman–Crippen LogP) is 3.71. The van der Waals surface area contributed by atoms with Crippen LogP contribution in [0.25, 0.3) is 0 Å². The number of nitroso groups, excluding NO2 is 1. The van der Waals surface area contributed by atoms with Gasteiger partial charge in [0, 0.05) is 65.3 Å². The summed E-state index contributed by atoms with van der Waals surface area (Å²) in [6.45, 7) is 0. The van der Waals surface area contributed by atoms with E-state index in [2.05, 4.69) is 9.97 Å². The Morgan fingerprint density at radius 1 is 0.818 bits per heavy atom. The van der Waals surface area contributed by atoms with Gasteiger partial charge in [-0.1, -0.05) is 6.07 Å². The van der Waals surface area contributed by atoms with Crippen molar-refractivity contribution in [2.45, 2.75) is 0 Å². The third-order valence-electron chi connectivity index (χ3n) is 3.09. The van der Waals surface area contributed by atoms with Gasteiger partial charge in [-0.05, 0) is 18.2 Å². The number of pyridine rings is 2. The molecule has 6 nitrogen and oxygen atoms in total. The molecule has 6 heteroatoms. The average Bonchev–Trinajstić information content (AvgIpc) is 2.62. The molecule has 0 aliphatic carbocycles. The van der Waals surface area contributed by atoms with E-state index >= 15 is 0 Å². The van der Waals surface area contributed by atoms with E-state index < -0.39 is 0 Å². The minimum Gasteiger partial charge on any atom is -0.754 e. The van der Waals surface area contributed by atoms with E-state index in [0.29, 0.717) is 22.7 Å². The number of hydrogen-bond donors (Lipinski definition) is 0. The van der Waals surface area contributed by atoms with Gasteiger partial charge in [-0.15, -0.1) is 0 Å². The van der Waals surface area contributed by atoms with Crippen LogP contribution in [0.1, 0.15) is 0 Å². The molecule has 0 atom stereocenters. The molecular formula is C16H12N4O2. The van der Waals surface area contributed by atoms with Gasteiger partial charge in [-0.3, -0.25) is 9.97 Å². The molecule has 22 heavy (non-hydrogen) atoms. The number of hydrogen-bond acceptors (Lipinski definition) is 5. The van der Waals surface area contributed by atoms with Crippen LogP contribution in [0, 0.1) is 10.1 Å². The van der Waals surface area contributed by atoms with Crippen LogP contribution in [0.15, 0.2) is 73.3 Å². The predicted molar refractivity (Wildman–Crippen MR) is 85.2 cm³/mol. The summed E-state index contributed by atoms with van der Waals surface area (Å²) in [4.78, 5) is 20.1. The molecule has 0 N–H and O–H groups in total. The topological polar surface area (TPSA) is 72.2 Å².